The van der Waals surface area contributed by atoms with Crippen molar-refractivity contribution < 1.29 is 5.11 Å². The lowest BCUT2D eigenvalue weighted by Crippen LogP contribution is -2.10. The molecule has 0 radical (unpaired) electrons. The molecule has 0 amide bonds. The predicted molar refractivity (Wildman–Crippen MR) is 68.2 cm³/mol. The molecule has 0 spiro atoms. The Balaban J connectivity index is 0. The Bertz CT molecular complexity index is 234. The van der Waals surface area contributed by atoms with Gasteiger partial charge < -0.3 is 10.0 Å². The second kappa shape index (κ2) is 11.1. The fraction of sp³-hybridized carbons (Fsp3) is 0.538. The topological polar surface area (TPSA) is 23.5 Å². The maximum atomic E-state index is 9.11. The average Bonchev–Trinajstić information content (AvgIpc) is 2.23. The molecule has 1 aromatic carbocycles. The quantitative estimate of drug-likeness (QED) is 0.809. The molecular weight excluding hydrogens is 186 g/mol. The number of nitrogens with zero attached hydrogens (tertiary/aromatic N) is 1. The summed E-state index contributed by atoms with van der Waals surface area (Å²) in [5.74, 6) is 0.337. The van der Waals surface area contributed by atoms with E-state index in [0.717, 1.165) is 12.1 Å². The van der Waals surface area contributed by atoms with Gasteiger partial charge in [-0.05, 0) is 31.8 Å². The van der Waals surface area contributed by atoms with E-state index >= 15 is 0 Å². The van der Waals surface area contributed by atoms with Gasteiger partial charge in [0.25, 0.3) is 0 Å². The van der Waals surface area contributed by atoms with E-state index < -0.39 is 0 Å². The Morgan fingerprint density at radius 1 is 1.07 bits per heavy atom. The van der Waals surface area contributed by atoms with Gasteiger partial charge in [-0.2, -0.15) is 0 Å². The minimum Gasteiger partial charge on any atom is -0.508 e. The van der Waals surface area contributed by atoms with Crippen LogP contribution in [0.1, 0.15) is 33.3 Å². The second-order valence-electron chi connectivity index (χ2n) is 2.91. The van der Waals surface area contributed by atoms with E-state index in [1.165, 1.54) is 0 Å². The number of benzene rings is 1. The second-order valence-corrected chi connectivity index (χ2v) is 2.91. The highest BCUT2D eigenvalue weighted by Gasteiger charge is 1.94. The number of phenolic OH excluding ortho intramolecular Hbond substituents is 1. The van der Waals surface area contributed by atoms with Crippen LogP contribution in [0.15, 0.2) is 24.3 Å². The molecule has 0 aliphatic heterocycles. The lowest BCUT2D eigenvalue weighted by Gasteiger charge is -2.08. The van der Waals surface area contributed by atoms with Gasteiger partial charge in [-0.15, -0.1) is 0 Å². The Morgan fingerprint density at radius 3 is 2.00 bits per heavy atom. The molecular formula is C13H25NO. The molecule has 0 aromatic heterocycles. The van der Waals surface area contributed by atoms with E-state index in [2.05, 4.69) is 4.90 Å². The zero-order chi connectivity index (χ0) is 12.3. The first-order chi connectivity index (χ1) is 7.18. The Kier molecular flexibility index (Phi) is 12.1. The van der Waals surface area contributed by atoms with E-state index in [9.17, 15) is 0 Å². The van der Waals surface area contributed by atoms with Crippen molar-refractivity contribution in [3.63, 3.8) is 0 Å². The lowest BCUT2D eigenvalue weighted by atomic mass is 10.2. The van der Waals surface area contributed by atoms with Crippen LogP contribution in [0, 0.1) is 0 Å². The maximum Gasteiger partial charge on any atom is 0.115 e. The van der Waals surface area contributed by atoms with Gasteiger partial charge in [0.05, 0.1) is 0 Å². The minimum absolute atomic E-state index is 0.337. The Morgan fingerprint density at radius 2 is 1.60 bits per heavy atom. The minimum atomic E-state index is 0.337. The smallest absolute Gasteiger partial charge is 0.115 e. The van der Waals surface area contributed by atoms with Crippen LogP contribution in [-0.2, 0) is 6.54 Å². The standard InChI is InChI=1S/C9H13NO.2C2H6/c1-10(2)7-8-4-3-5-9(11)6-8;2*1-2/h3-6,11H,7H2,1-2H3;2*1-2H3. The molecule has 1 rings (SSSR count). The van der Waals surface area contributed by atoms with Gasteiger partial charge in [-0.25, -0.2) is 0 Å². The molecule has 1 aromatic rings. The van der Waals surface area contributed by atoms with Crippen molar-refractivity contribution in [3.05, 3.63) is 29.8 Å². The van der Waals surface area contributed by atoms with Crippen molar-refractivity contribution >= 4 is 0 Å². The van der Waals surface area contributed by atoms with Crippen molar-refractivity contribution in [1.82, 2.24) is 4.90 Å². The number of rotatable bonds is 2. The summed E-state index contributed by atoms with van der Waals surface area (Å²) in [5.41, 5.74) is 1.13. The number of hydrogen-bond acceptors (Lipinski definition) is 2. The number of hydrogen-bond donors (Lipinski definition) is 1. The van der Waals surface area contributed by atoms with Crippen molar-refractivity contribution in [1.29, 1.82) is 0 Å². The molecule has 0 saturated carbocycles. The zero-order valence-electron chi connectivity index (χ0n) is 10.9. The summed E-state index contributed by atoms with van der Waals surface area (Å²) in [6.45, 7) is 8.87. The Hall–Kier alpha value is -1.02. The highest BCUT2D eigenvalue weighted by atomic mass is 16.3. The highest BCUT2D eigenvalue weighted by Crippen LogP contribution is 2.11. The first kappa shape index (κ1) is 16.4. The lowest BCUT2D eigenvalue weighted by molar-refractivity contribution is 0.400. The van der Waals surface area contributed by atoms with Crippen LogP contribution in [0.25, 0.3) is 0 Å². The predicted octanol–water partition coefficient (Wildman–Crippen LogP) is 3.51. The molecule has 0 bridgehead atoms. The van der Waals surface area contributed by atoms with E-state index in [1.807, 2.05) is 53.9 Å². The molecule has 88 valence electrons. The third kappa shape index (κ3) is 9.29. The van der Waals surface area contributed by atoms with Crippen LogP contribution < -0.4 is 0 Å². The van der Waals surface area contributed by atoms with E-state index in [1.54, 1.807) is 12.1 Å². The highest BCUT2D eigenvalue weighted by molar-refractivity contribution is 5.26. The molecule has 2 nitrogen and oxygen atoms in total. The molecule has 0 fully saturated rings. The first-order valence-electron chi connectivity index (χ1n) is 5.61. The van der Waals surface area contributed by atoms with E-state index in [4.69, 9.17) is 5.11 Å². The molecule has 15 heavy (non-hydrogen) atoms. The largest absolute Gasteiger partial charge is 0.508 e. The molecule has 1 N–H and O–H groups in total. The van der Waals surface area contributed by atoms with Gasteiger partial charge in [0.1, 0.15) is 5.75 Å². The van der Waals surface area contributed by atoms with Crippen LogP contribution in [0.5, 0.6) is 5.75 Å². The van der Waals surface area contributed by atoms with Crippen molar-refractivity contribution in [2.75, 3.05) is 14.1 Å². The summed E-state index contributed by atoms with van der Waals surface area (Å²) in [7, 11) is 4.01. The molecule has 0 aliphatic rings. The van der Waals surface area contributed by atoms with Crippen LogP contribution >= 0.6 is 0 Å². The summed E-state index contributed by atoms with van der Waals surface area (Å²) < 4.78 is 0. The molecule has 0 saturated heterocycles. The van der Waals surface area contributed by atoms with Gasteiger partial charge in [0.15, 0.2) is 0 Å². The molecule has 0 unspecified atom stereocenters. The van der Waals surface area contributed by atoms with Crippen LogP contribution in [-0.4, -0.2) is 24.1 Å². The fourth-order valence-corrected chi connectivity index (χ4v) is 1.02. The maximum absolute atomic E-state index is 9.11. The van der Waals surface area contributed by atoms with Gasteiger partial charge in [-0.1, -0.05) is 39.8 Å². The average molecular weight is 211 g/mol. The van der Waals surface area contributed by atoms with Gasteiger partial charge in [0, 0.05) is 6.54 Å². The fourth-order valence-electron chi connectivity index (χ4n) is 1.02. The third-order valence-electron chi connectivity index (χ3n) is 1.41. The van der Waals surface area contributed by atoms with Crippen molar-refractivity contribution in [2.24, 2.45) is 0 Å². The molecule has 2 heteroatoms. The summed E-state index contributed by atoms with van der Waals surface area (Å²) in [6.07, 6.45) is 0. The van der Waals surface area contributed by atoms with Crippen LogP contribution in [0.3, 0.4) is 0 Å². The summed E-state index contributed by atoms with van der Waals surface area (Å²) in [4.78, 5) is 2.06. The Labute approximate surface area is 94.6 Å². The van der Waals surface area contributed by atoms with E-state index in [-0.39, 0.29) is 0 Å². The first-order valence-corrected chi connectivity index (χ1v) is 5.61. The monoisotopic (exact) mass is 211 g/mol. The van der Waals surface area contributed by atoms with Gasteiger partial charge in [-0.3, -0.25) is 0 Å². The van der Waals surface area contributed by atoms with Gasteiger partial charge in [0.2, 0.25) is 0 Å². The molecule has 0 atom stereocenters. The number of aromatic hydroxyl groups is 1. The third-order valence-corrected chi connectivity index (χ3v) is 1.41. The summed E-state index contributed by atoms with van der Waals surface area (Å²) in [5, 5.41) is 9.11. The molecule has 0 aliphatic carbocycles. The van der Waals surface area contributed by atoms with Crippen molar-refractivity contribution in [3.8, 4) is 5.75 Å². The SMILES string of the molecule is CC.CC.CN(C)Cc1cccc(O)c1. The van der Waals surface area contributed by atoms with Crippen LogP contribution in [0.4, 0.5) is 0 Å². The van der Waals surface area contributed by atoms with Crippen molar-refractivity contribution in [2.45, 2.75) is 34.2 Å². The number of phenols is 1. The van der Waals surface area contributed by atoms with Crippen LogP contribution in [0.2, 0.25) is 0 Å². The normalized spacial score (nSPS) is 8.47. The summed E-state index contributed by atoms with van der Waals surface area (Å²) in [6, 6.07) is 7.31. The molecule has 0 heterocycles. The zero-order valence-corrected chi connectivity index (χ0v) is 10.9. The van der Waals surface area contributed by atoms with Gasteiger partial charge >= 0.3 is 0 Å². The van der Waals surface area contributed by atoms with E-state index in [0.29, 0.717) is 5.75 Å². The summed E-state index contributed by atoms with van der Waals surface area (Å²) >= 11 is 0.